The summed E-state index contributed by atoms with van der Waals surface area (Å²) in [7, 11) is 0. The van der Waals surface area contributed by atoms with Gasteiger partial charge in [0.05, 0.1) is 11.1 Å². The molecule has 0 unspecified atom stereocenters. The van der Waals surface area contributed by atoms with E-state index in [9.17, 15) is 9.59 Å². The molecule has 0 saturated carbocycles. The van der Waals surface area contributed by atoms with E-state index in [-0.39, 0.29) is 40.7 Å². The van der Waals surface area contributed by atoms with E-state index in [1.54, 1.807) is 18.2 Å². The van der Waals surface area contributed by atoms with Crippen LogP contribution in [0.15, 0.2) is 30.3 Å². The molecule has 0 spiro atoms. The number of aliphatic hydroxyl groups excluding tert-OH is 1. The Morgan fingerprint density at radius 1 is 0.857 bits per heavy atom. The lowest BCUT2D eigenvalue weighted by Gasteiger charge is -2.22. The molecule has 0 bridgehead atoms. The van der Waals surface area contributed by atoms with Gasteiger partial charge in [-0.1, -0.05) is 18.2 Å². The van der Waals surface area contributed by atoms with E-state index in [1.807, 2.05) is 0 Å². The van der Waals surface area contributed by atoms with E-state index in [0.717, 1.165) is 0 Å². The van der Waals surface area contributed by atoms with Crippen LogP contribution in [0.25, 0.3) is 0 Å². The van der Waals surface area contributed by atoms with Crippen LogP contribution >= 0.6 is 0 Å². The van der Waals surface area contributed by atoms with E-state index in [1.165, 1.54) is 12.1 Å². The highest BCUT2D eigenvalue weighted by molar-refractivity contribution is 6.32. The molecule has 0 fully saturated rings. The third kappa shape index (κ3) is 1.82. The first-order valence-electron chi connectivity index (χ1n) is 6.56. The zero-order chi connectivity index (χ0) is 15.1. The maximum absolute atomic E-state index is 12.8. The van der Waals surface area contributed by atoms with Gasteiger partial charge in [0.2, 0.25) is 0 Å². The summed E-state index contributed by atoms with van der Waals surface area (Å²) in [6.45, 7) is -0.100. The third-order valence-corrected chi connectivity index (χ3v) is 3.73. The predicted octanol–water partition coefficient (Wildman–Crippen LogP) is 1.16. The number of hydrogen-bond donors (Lipinski definition) is 3. The molecule has 2 aromatic carbocycles. The summed E-state index contributed by atoms with van der Waals surface area (Å²) in [6, 6.07) is 8.08. The highest BCUT2D eigenvalue weighted by Crippen LogP contribution is 2.35. The van der Waals surface area contributed by atoms with Gasteiger partial charge in [0.25, 0.3) is 0 Å². The van der Waals surface area contributed by atoms with Crippen LogP contribution in [-0.4, -0.2) is 23.3 Å². The largest absolute Gasteiger partial charge is 0.398 e. The Morgan fingerprint density at radius 2 is 1.48 bits per heavy atom. The number of ketones is 2. The summed E-state index contributed by atoms with van der Waals surface area (Å²) in [5.74, 6) is -0.613. The van der Waals surface area contributed by atoms with Gasteiger partial charge in [-0.2, -0.15) is 0 Å². The van der Waals surface area contributed by atoms with Gasteiger partial charge in [-0.25, -0.2) is 0 Å². The number of benzene rings is 2. The maximum atomic E-state index is 12.8. The first kappa shape index (κ1) is 13.3. The fraction of sp³-hybridized carbons (Fsp3) is 0.125. The number of carbonyl (C=O) groups is 2. The number of nitrogens with two attached hydrogens (primary N) is 2. The average molecular weight is 282 g/mol. The Hall–Kier alpha value is -2.66. The first-order chi connectivity index (χ1) is 10.1. The normalized spacial score (nSPS) is 13.0. The second-order valence-corrected chi connectivity index (χ2v) is 4.97. The number of rotatable bonds is 2. The van der Waals surface area contributed by atoms with Crippen molar-refractivity contribution in [1.82, 2.24) is 0 Å². The van der Waals surface area contributed by atoms with E-state index >= 15 is 0 Å². The fourth-order valence-corrected chi connectivity index (χ4v) is 2.77. The van der Waals surface area contributed by atoms with Crippen LogP contribution in [0.4, 0.5) is 11.4 Å². The second kappa shape index (κ2) is 4.71. The molecule has 3 rings (SSSR count). The molecule has 0 amide bonds. The molecule has 0 heterocycles. The Balaban J connectivity index is 2.34. The van der Waals surface area contributed by atoms with Crippen LogP contribution in [0.5, 0.6) is 0 Å². The minimum absolute atomic E-state index is 0.100. The predicted molar refractivity (Wildman–Crippen MR) is 79.4 cm³/mol. The lowest BCUT2D eigenvalue weighted by molar-refractivity contribution is 0.0979. The van der Waals surface area contributed by atoms with Gasteiger partial charge >= 0.3 is 0 Å². The lowest BCUT2D eigenvalue weighted by Crippen LogP contribution is -2.25. The third-order valence-electron chi connectivity index (χ3n) is 3.73. The zero-order valence-electron chi connectivity index (χ0n) is 11.2. The number of hydrogen-bond acceptors (Lipinski definition) is 5. The molecule has 1 aliphatic carbocycles. The quantitative estimate of drug-likeness (QED) is 0.611. The van der Waals surface area contributed by atoms with E-state index in [4.69, 9.17) is 16.6 Å². The van der Waals surface area contributed by atoms with Gasteiger partial charge in [0, 0.05) is 29.1 Å². The topological polar surface area (TPSA) is 106 Å². The van der Waals surface area contributed by atoms with E-state index in [2.05, 4.69) is 0 Å². The summed E-state index contributed by atoms with van der Waals surface area (Å²) < 4.78 is 0. The standard InChI is InChI=1S/C16H14N2O3/c17-10-4-5-11(18)14-13(10)15(20)9-3-1-2-8(6-7-19)12(9)16(14)21/h1-5,19H,6-7,17-18H2. The highest BCUT2D eigenvalue weighted by Gasteiger charge is 2.34. The summed E-state index contributed by atoms with van der Waals surface area (Å²) in [4.78, 5) is 25.4. The molecule has 0 radical (unpaired) electrons. The summed E-state index contributed by atoms with van der Waals surface area (Å²) >= 11 is 0. The minimum Gasteiger partial charge on any atom is -0.398 e. The molecule has 5 N–H and O–H groups in total. The average Bonchev–Trinajstić information content (AvgIpc) is 2.47. The molecule has 21 heavy (non-hydrogen) atoms. The Labute approximate surface area is 121 Å². The monoisotopic (exact) mass is 282 g/mol. The molecule has 0 saturated heterocycles. The molecule has 5 nitrogen and oxygen atoms in total. The van der Waals surface area contributed by atoms with Crippen LogP contribution in [0, 0.1) is 0 Å². The molecule has 0 atom stereocenters. The van der Waals surface area contributed by atoms with Crippen LogP contribution in [0.2, 0.25) is 0 Å². The van der Waals surface area contributed by atoms with Crippen molar-refractivity contribution in [2.75, 3.05) is 18.1 Å². The molecule has 0 aliphatic heterocycles. The van der Waals surface area contributed by atoms with Crippen LogP contribution in [0.3, 0.4) is 0 Å². The highest BCUT2D eigenvalue weighted by atomic mass is 16.3. The Morgan fingerprint density at radius 3 is 2.10 bits per heavy atom. The van der Waals surface area contributed by atoms with Crippen LogP contribution in [-0.2, 0) is 6.42 Å². The van der Waals surface area contributed by atoms with E-state index < -0.39 is 0 Å². The van der Waals surface area contributed by atoms with Crippen molar-refractivity contribution in [2.45, 2.75) is 6.42 Å². The van der Waals surface area contributed by atoms with Crippen molar-refractivity contribution in [2.24, 2.45) is 0 Å². The maximum Gasteiger partial charge on any atom is 0.196 e. The van der Waals surface area contributed by atoms with Crippen molar-refractivity contribution >= 4 is 22.9 Å². The van der Waals surface area contributed by atoms with Crippen molar-refractivity contribution in [3.05, 3.63) is 58.1 Å². The number of anilines is 2. The lowest BCUT2D eigenvalue weighted by atomic mass is 9.80. The van der Waals surface area contributed by atoms with Gasteiger partial charge in [-0.05, 0) is 24.1 Å². The number of fused-ring (bicyclic) bond motifs is 2. The summed E-state index contributed by atoms with van der Waals surface area (Å²) in [5.41, 5.74) is 13.8. The van der Waals surface area contributed by atoms with Crippen LogP contribution < -0.4 is 11.5 Å². The van der Waals surface area contributed by atoms with Crippen molar-refractivity contribution in [3.8, 4) is 0 Å². The number of nitrogen functional groups attached to an aromatic ring is 2. The molecule has 2 aromatic rings. The molecule has 106 valence electrons. The Bertz CT molecular complexity index is 781. The second-order valence-electron chi connectivity index (χ2n) is 4.97. The molecular weight excluding hydrogens is 268 g/mol. The number of aliphatic hydroxyl groups is 1. The van der Waals surface area contributed by atoms with Gasteiger partial charge in [0.1, 0.15) is 0 Å². The van der Waals surface area contributed by atoms with Gasteiger partial charge < -0.3 is 16.6 Å². The van der Waals surface area contributed by atoms with Crippen LogP contribution in [0.1, 0.15) is 37.4 Å². The van der Waals surface area contributed by atoms with Gasteiger partial charge in [-0.3, -0.25) is 9.59 Å². The Kier molecular flexibility index (Phi) is 2.99. The van der Waals surface area contributed by atoms with Gasteiger partial charge in [-0.15, -0.1) is 0 Å². The molecule has 5 heteroatoms. The van der Waals surface area contributed by atoms with Crippen molar-refractivity contribution < 1.29 is 14.7 Å². The fourth-order valence-electron chi connectivity index (χ4n) is 2.77. The summed E-state index contributed by atoms with van der Waals surface area (Å²) in [6.07, 6.45) is 0.305. The molecular formula is C16H14N2O3. The zero-order valence-corrected chi connectivity index (χ0v) is 11.2. The molecule has 0 aromatic heterocycles. The minimum atomic E-state index is -0.312. The van der Waals surface area contributed by atoms with Crippen molar-refractivity contribution in [1.29, 1.82) is 0 Å². The smallest absolute Gasteiger partial charge is 0.196 e. The van der Waals surface area contributed by atoms with Gasteiger partial charge in [0.15, 0.2) is 11.6 Å². The number of carbonyl (C=O) groups excluding carboxylic acids is 2. The summed E-state index contributed by atoms with van der Waals surface area (Å²) in [5, 5.41) is 9.13. The van der Waals surface area contributed by atoms with Crippen molar-refractivity contribution in [3.63, 3.8) is 0 Å². The van der Waals surface area contributed by atoms with E-state index in [0.29, 0.717) is 23.1 Å². The SMILES string of the molecule is Nc1ccc(N)c2c1C(=O)c1cccc(CCO)c1C2=O. The first-order valence-corrected chi connectivity index (χ1v) is 6.56. The molecule has 1 aliphatic rings.